The van der Waals surface area contributed by atoms with Crippen molar-refractivity contribution in [3.63, 3.8) is 0 Å². The second-order valence-electron chi connectivity index (χ2n) is 6.05. The molecule has 1 aromatic rings. The van der Waals surface area contributed by atoms with Crippen LogP contribution in [0.5, 0.6) is 0 Å². The first-order chi connectivity index (χ1) is 14.8. The van der Waals surface area contributed by atoms with Crippen LogP contribution in [0.1, 0.15) is 5.56 Å². The van der Waals surface area contributed by atoms with Crippen molar-refractivity contribution in [2.24, 2.45) is 11.1 Å². The van der Waals surface area contributed by atoms with Crippen molar-refractivity contribution in [3.05, 3.63) is 35.9 Å². The summed E-state index contributed by atoms with van der Waals surface area (Å²) in [5.41, 5.74) is -3.90. The lowest BCUT2D eigenvalue weighted by atomic mass is 9.95. The molecule has 0 aromatic heterocycles. The standard InChI is InChI=1S/C14H6F15NO3S/c15-9(16,17)8(10(18,19)20)7(6-4-2-1-3-5-6)30-33-34(31,32)14(28,29)12(23,24)11(21,22)13(25,26)27/h1-5,8H/b30-7-. The second-order valence-corrected chi connectivity index (χ2v) is 7.62. The summed E-state index contributed by atoms with van der Waals surface area (Å²) in [7, 11) is -7.87. The Labute approximate surface area is 178 Å². The van der Waals surface area contributed by atoms with Crippen molar-refractivity contribution in [2.75, 3.05) is 0 Å². The van der Waals surface area contributed by atoms with Gasteiger partial charge in [-0.25, -0.2) is 0 Å². The van der Waals surface area contributed by atoms with Crippen molar-refractivity contribution < 1.29 is 78.6 Å². The number of halogens is 15. The number of benzene rings is 1. The molecule has 0 heterocycles. The van der Waals surface area contributed by atoms with E-state index in [1.54, 1.807) is 5.16 Å². The summed E-state index contributed by atoms with van der Waals surface area (Å²) in [6.07, 6.45) is -20.3. The number of hydrogen-bond acceptors (Lipinski definition) is 4. The third-order valence-corrected chi connectivity index (χ3v) is 4.82. The Kier molecular flexibility index (Phi) is 7.55. The Hall–Kier alpha value is -2.41. The summed E-state index contributed by atoms with van der Waals surface area (Å²) in [6, 6.07) is 3.14. The highest BCUT2D eigenvalue weighted by molar-refractivity contribution is 7.87. The highest BCUT2D eigenvalue weighted by Gasteiger charge is 2.86. The number of rotatable bonds is 7. The number of alkyl halides is 15. The van der Waals surface area contributed by atoms with Crippen LogP contribution in [-0.2, 0) is 14.4 Å². The summed E-state index contributed by atoms with van der Waals surface area (Å²) in [4.78, 5) is 0. The molecule has 0 aliphatic rings. The molecule has 0 N–H and O–H groups in total. The van der Waals surface area contributed by atoms with Crippen molar-refractivity contribution in [3.8, 4) is 0 Å². The zero-order chi connectivity index (χ0) is 27.2. The van der Waals surface area contributed by atoms with Crippen LogP contribution in [0.15, 0.2) is 35.5 Å². The van der Waals surface area contributed by atoms with Crippen molar-refractivity contribution >= 4 is 15.8 Å². The summed E-state index contributed by atoms with van der Waals surface area (Å²) < 4.78 is 219. The Balaban J connectivity index is 3.70. The third-order valence-electron chi connectivity index (χ3n) is 3.66. The molecule has 0 aliphatic carbocycles. The van der Waals surface area contributed by atoms with E-state index < -0.39 is 62.9 Å². The minimum atomic E-state index is -7.87. The van der Waals surface area contributed by atoms with E-state index in [1.165, 1.54) is 0 Å². The van der Waals surface area contributed by atoms with Gasteiger partial charge in [0.2, 0.25) is 0 Å². The fourth-order valence-corrected chi connectivity index (χ4v) is 2.74. The molecule has 4 nitrogen and oxygen atoms in total. The lowest BCUT2D eigenvalue weighted by molar-refractivity contribution is -0.382. The SMILES string of the molecule is O=S(=O)(O/N=C(/c1ccccc1)C(C(F)(F)F)C(F)(F)F)C(F)(F)C(F)(F)C(F)(F)C(F)(F)F. The smallest absolute Gasteiger partial charge is 0.264 e. The third kappa shape index (κ3) is 5.29. The quantitative estimate of drug-likeness (QED) is 0.240. The van der Waals surface area contributed by atoms with E-state index >= 15 is 0 Å². The highest BCUT2D eigenvalue weighted by atomic mass is 32.2. The lowest BCUT2D eigenvalue weighted by Crippen LogP contribution is -2.63. The van der Waals surface area contributed by atoms with Crippen LogP contribution in [-0.4, -0.2) is 49.8 Å². The van der Waals surface area contributed by atoms with Gasteiger partial charge in [0.05, 0.1) is 0 Å². The molecule has 1 rings (SSSR count). The lowest BCUT2D eigenvalue weighted by Gasteiger charge is -2.32. The molecule has 0 amide bonds. The predicted octanol–water partition coefficient (Wildman–Crippen LogP) is 5.90. The average molecular weight is 553 g/mol. The topological polar surface area (TPSA) is 55.7 Å². The molecule has 0 unspecified atom stereocenters. The maximum absolute atomic E-state index is 13.6. The molecule has 0 fully saturated rings. The minimum Gasteiger partial charge on any atom is -0.264 e. The van der Waals surface area contributed by atoms with Gasteiger partial charge in [-0.3, -0.25) is 4.28 Å². The largest absolute Gasteiger partial charge is 0.460 e. The molecule has 20 heteroatoms. The maximum Gasteiger partial charge on any atom is 0.460 e. The van der Waals surface area contributed by atoms with E-state index in [4.69, 9.17) is 0 Å². The molecule has 1 aromatic carbocycles. The van der Waals surface area contributed by atoms with Crippen molar-refractivity contribution in [1.82, 2.24) is 0 Å². The van der Waals surface area contributed by atoms with Crippen molar-refractivity contribution in [2.45, 2.75) is 35.6 Å². The molecular formula is C14H6F15NO3S. The van der Waals surface area contributed by atoms with E-state index in [9.17, 15) is 74.3 Å². The van der Waals surface area contributed by atoms with Gasteiger partial charge in [-0.2, -0.15) is 74.3 Å². The van der Waals surface area contributed by atoms with E-state index in [2.05, 4.69) is 4.28 Å². The fraction of sp³-hybridized carbons (Fsp3) is 0.500. The van der Waals surface area contributed by atoms with E-state index in [0.29, 0.717) is 12.1 Å². The molecule has 0 saturated heterocycles. The van der Waals surface area contributed by atoms with E-state index in [0.717, 1.165) is 18.2 Å². The van der Waals surface area contributed by atoms with Crippen LogP contribution in [0.25, 0.3) is 0 Å². The molecule has 0 saturated carbocycles. The van der Waals surface area contributed by atoms with E-state index in [1.807, 2.05) is 0 Å². The van der Waals surface area contributed by atoms with Crippen LogP contribution >= 0.6 is 0 Å². The zero-order valence-corrected chi connectivity index (χ0v) is 16.0. The van der Waals surface area contributed by atoms with Gasteiger partial charge >= 0.3 is 45.7 Å². The normalized spacial score (nSPS) is 15.6. The molecule has 0 bridgehead atoms. The molecular weight excluding hydrogens is 547 g/mol. The molecule has 0 atom stereocenters. The zero-order valence-electron chi connectivity index (χ0n) is 15.2. The monoisotopic (exact) mass is 553 g/mol. The van der Waals surface area contributed by atoms with E-state index in [-0.39, 0.29) is 0 Å². The Bertz CT molecular complexity index is 980. The molecule has 34 heavy (non-hydrogen) atoms. The van der Waals surface area contributed by atoms with Gasteiger partial charge in [0.15, 0.2) is 5.92 Å². The van der Waals surface area contributed by atoms with Crippen molar-refractivity contribution in [1.29, 1.82) is 0 Å². The average Bonchev–Trinajstić information content (AvgIpc) is 2.62. The van der Waals surface area contributed by atoms with Crippen LogP contribution in [0.3, 0.4) is 0 Å². The van der Waals surface area contributed by atoms with Gasteiger partial charge in [0, 0.05) is 5.56 Å². The number of oxime groups is 1. The number of nitrogens with zero attached hydrogens (tertiary/aromatic N) is 1. The first kappa shape index (κ1) is 29.6. The summed E-state index contributed by atoms with van der Waals surface area (Å²) in [6.45, 7) is 0. The molecule has 0 spiro atoms. The molecule has 0 radical (unpaired) electrons. The van der Waals surface area contributed by atoms with Gasteiger partial charge in [-0.1, -0.05) is 35.5 Å². The van der Waals surface area contributed by atoms with Crippen LogP contribution < -0.4 is 0 Å². The van der Waals surface area contributed by atoms with Gasteiger partial charge < -0.3 is 0 Å². The first-order valence-electron chi connectivity index (χ1n) is 7.72. The maximum atomic E-state index is 13.6. The molecule has 0 aliphatic heterocycles. The summed E-state index contributed by atoms with van der Waals surface area (Å²) in [5.74, 6) is -20.4. The minimum absolute atomic E-state index is 0.365. The number of hydrogen-bond donors (Lipinski definition) is 0. The van der Waals surface area contributed by atoms with Gasteiger partial charge in [-0.05, 0) is 0 Å². The second kappa shape index (κ2) is 8.67. The first-order valence-corrected chi connectivity index (χ1v) is 9.13. The van der Waals surface area contributed by atoms with Gasteiger partial charge in [-0.15, -0.1) is 0 Å². The summed E-state index contributed by atoms with van der Waals surface area (Å²) >= 11 is 0. The van der Waals surface area contributed by atoms with Gasteiger partial charge in [0.25, 0.3) is 0 Å². The van der Waals surface area contributed by atoms with Crippen LogP contribution in [0, 0.1) is 5.92 Å². The predicted molar refractivity (Wildman–Crippen MR) is 79.5 cm³/mol. The Morgan fingerprint density at radius 1 is 0.706 bits per heavy atom. The summed E-state index contributed by atoms with van der Waals surface area (Å²) in [5, 5.41) is -5.89. The Morgan fingerprint density at radius 2 is 1.12 bits per heavy atom. The fourth-order valence-electron chi connectivity index (χ4n) is 2.03. The van der Waals surface area contributed by atoms with Gasteiger partial charge in [0.1, 0.15) is 5.71 Å². The molecule has 196 valence electrons. The van der Waals surface area contributed by atoms with Crippen LogP contribution in [0.2, 0.25) is 0 Å². The van der Waals surface area contributed by atoms with Crippen LogP contribution in [0.4, 0.5) is 65.9 Å². The highest BCUT2D eigenvalue weighted by Crippen LogP contribution is 2.55. The Morgan fingerprint density at radius 3 is 1.47 bits per heavy atom.